The molecule has 1 saturated heterocycles. The van der Waals surface area contributed by atoms with Crippen LogP contribution in [-0.2, 0) is 4.79 Å². The molecule has 1 aliphatic rings. The van der Waals surface area contributed by atoms with E-state index in [1.54, 1.807) is 18.2 Å². The smallest absolute Gasteiger partial charge is 0.240 e. The van der Waals surface area contributed by atoms with Crippen molar-refractivity contribution in [1.29, 1.82) is 5.26 Å². The second kappa shape index (κ2) is 5.28. The number of nitriles is 1. The minimum absolute atomic E-state index is 0.343. The minimum Gasteiger partial charge on any atom is -0.368 e. The molecule has 0 aromatic heterocycles. The molecule has 1 aromatic carbocycles. The van der Waals surface area contributed by atoms with Gasteiger partial charge in [-0.25, -0.2) is 0 Å². The fourth-order valence-corrected chi connectivity index (χ4v) is 2.52. The summed E-state index contributed by atoms with van der Waals surface area (Å²) in [7, 11) is 0. The van der Waals surface area contributed by atoms with Crippen LogP contribution in [0, 0.1) is 11.3 Å². The van der Waals surface area contributed by atoms with Gasteiger partial charge in [0, 0.05) is 11.6 Å². The Morgan fingerprint density at radius 2 is 2.28 bits per heavy atom. The summed E-state index contributed by atoms with van der Waals surface area (Å²) in [5, 5.41) is 9.68. The molecular formula is C13H14ClN3O. The number of benzene rings is 1. The van der Waals surface area contributed by atoms with Crippen molar-refractivity contribution in [1.82, 2.24) is 0 Å². The van der Waals surface area contributed by atoms with Gasteiger partial charge in [0.15, 0.2) is 0 Å². The lowest BCUT2D eigenvalue weighted by molar-refractivity contribution is -0.119. The van der Waals surface area contributed by atoms with Gasteiger partial charge in [0.25, 0.3) is 0 Å². The third-order valence-electron chi connectivity index (χ3n) is 3.22. The zero-order valence-corrected chi connectivity index (χ0v) is 10.7. The topological polar surface area (TPSA) is 70.1 Å². The van der Waals surface area contributed by atoms with Gasteiger partial charge in [0.2, 0.25) is 5.91 Å². The van der Waals surface area contributed by atoms with Crippen LogP contribution in [0.2, 0.25) is 5.02 Å². The van der Waals surface area contributed by atoms with Crippen LogP contribution >= 0.6 is 11.6 Å². The molecule has 4 nitrogen and oxygen atoms in total. The molecule has 1 fully saturated rings. The second-order valence-corrected chi connectivity index (χ2v) is 4.82. The predicted octanol–water partition coefficient (Wildman–Crippen LogP) is 2.06. The first-order valence-electron chi connectivity index (χ1n) is 5.89. The number of amides is 1. The van der Waals surface area contributed by atoms with E-state index in [0.717, 1.165) is 25.8 Å². The third-order valence-corrected chi connectivity index (χ3v) is 3.46. The van der Waals surface area contributed by atoms with E-state index in [2.05, 4.69) is 6.07 Å². The lowest BCUT2D eigenvalue weighted by Gasteiger charge is -2.36. The maximum absolute atomic E-state index is 11.5. The molecule has 5 heteroatoms. The Kier molecular flexibility index (Phi) is 3.73. The fourth-order valence-electron chi connectivity index (χ4n) is 2.35. The number of nitrogens with two attached hydrogens (primary N) is 1. The minimum atomic E-state index is -0.349. The number of carbonyl (C=O) groups excluding carboxylic acids is 1. The van der Waals surface area contributed by atoms with Crippen molar-refractivity contribution < 1.29 is 4.79 Å². The van der Waals surface area contributed by atoms with Crippen LogP contribution in [0.3, 0.4) is 0 Å². The summed E-state index contributed by atoms with van der Waals surface area (Å²) < 4.78 is 0. The van der Waals surface area contributed by atoms with Crippen LogP contribution in [-0.4, -0.2) is 18.5 Å². The Morgan fingerprint density at radius 1 is 1.50 bits per heavy atom. The lowest BCUT2D eigenvalue weighted by atomic mass is 9.99. The number of carbonyl (C=O) groups is 1. The van der Waals surface area contributed by atoms with Gasteiger partial charge in [-0.3, -0.25) is 4.79 Å². The monoisotopic (exact) mass is 263 g/mol. The van der Waals surface area contributed by atoms with Gasteiger partial charge in [0.05, 0.1) is 11.3 Å². The number of hydrogen-bond acceptors (Lipinski definition) is 3. The fraction of sp³-hybridized carbons (Fsp3) is 0.385. The average molecular weight is 264 g/mol. The standard InChI is InChI=1S/C13H14ClN3O/c14-10-5-4-9(8-15)12(7-10)17-6-2-1-3-11(17)13(16)18/h4-5,7,11H,1-3,6H2,(H2,16,18). The summed E-state index contributed by atoms with van der Waals surface area (Å²) in [5.74, 6) is -0.349. The first-order valence-corrected chi connectivity index (χ1v) is 6.27. The first kappa shape index (κ1) is 12.7. The summed E-state index contributed by atoms with van der Waals surface area (Å²) in [6.07, 6.45) is 2.69. The van der Waals surface area contributed by atoms with Crippen LogP contribution < -0.4 is 10.6 Å². The summed E-state index contributed by atoms with van der Waals surface area (Å²) in [4.78, 5) is 13.4. The number of primary amides is 1. The molecule has 2 N–H and O–H groups in total. The maximum atomic E-state index is 11.5. The van der Waals surface area contributed by atoms with E-state index in [4.69, 9.17) is 22.6 Å². The predicted molar refractivity (Wildman–Crippen MR) is 70.3 cm³/mol. The molecule has 0 radical (unpaired) electrons. The van der Waals surface area contributed by atoms with E-state index in [1.165, 1.54) is 0 Å². The Morgan fingerprint density at radius 3 is 2.94 bits per heavy atom. The van der Waals surface area contributed by atoms with Crippen LogP contribution in [0.1, 0.15) is 24.8 Å². The Bertz CT molecular complexity index is 509. The van der Waals surface area contributed by atoms with Crippen molar-refractivity contribution in [3.63, 3.8) is 0 Å². The second-order valence-electron chi connectivity index (χ2n) is 4.38. The highest BCUT2D eigenvalue weighted by atomic mass is 35.5. The van der Waals surface area contributed by atoms with Gasteiger partial charge in [-0.2, -0.15) is 5.26 Å². The van der Waals surface area contributed by atoms with Crippen molar-refractivity contribution in [3.8, 4) is 6.07 Å². The summed E-state index contributed by atoms with van der Waals surface area (Å²) in [6.45, 7) is 0.725. The highest BCUT2D eigenvalue weighted by molar-refractivity contribution is 6.30. The number of anilines is 1. The normalized spacial score (nSPS) is 19.3. The summed E-state index contributed by atoms with van der Waals surface area (Å²) in [6, 6.07) is 6.85. The lowest BCUT2D eigenvalue weighted by Crippen LogP contribution is -2.48. The summed E-state index contributed by atoms with van der Waals surface area (Å²) in [5.41, 5.74) is 6.65. The Labute approximate surface area is 111 Å². The zero-order valence-electron chi connectivity index (χ0n) is 9.90. The van der Waals surface area contributed by atoms with Crippen LogP contribution in [0.5, 0.6) is 0 Å². The number of halogens is 1. The average Bonchev–Trinajstić information content (AvgIpc) is 2.38. The molecule has 1 atom stereocenters. The molecule has 1 amide bonds. The Balaban J connectivity index is 2.42. The molecule has 1 heterocycles. The maximum Gasteiger partial charge on any atom is 0.240 e. The molecule has 1 unspecified atom stereocenters. The number of piperidine rings is 1. The SMILES string of the molecule is N#Cc1ccc(Cl)cc1N1CCCCC1C(N)=O. The third kappa shape index (κ3) is 2.41. The van der Waals surface area contributed by atoms with Gasteiger partial charge in [0.1, 0.15) is 12.1 Å². The Hall–Kier alpha value is -1.73. The van der Waals surface area contributed by atoms with Gasteiger partial charge >= 0.3 is 0 Å². The van der Waals surface area contributed by atoms with Gasteiger partial charge in [-0.1, -0.05) is 11.6 Å². The molecule has 0 bridgehead atoms. The molecule has 0 aliphatic carbocycles. The van der Waals surface area contributed by atoms with Crippen LogP contribution in [0.25, 0.3) is 0 Å². The van der Waals surface area contributed by atoms with E-state index in [9.17, 15) is 4.79 Å². The van der Waals surface area contributed by atoms with Crippen molar-refractivity contribution in [2.75, 3.05) is 11.4 Å². The van der Waals surface area contributed by atoms with Gasteiger partial charge in [-0.05, 0) is 37.5 Å². The van der Waals surface area contributed by atoms with Crippen molar-refractivity contribution in [2.24, 2.45) is 5.73 Å². The van der Waals surface area contributed by atoms with Gasteiger partial charge < -0.3 is 10.6 Å². The highest BCUT2D eigenvalue weighted by Gasteiger charge is 2.28. The largest absolute Gasteiger partial charge is 0.368 e. The number of hydrogen-bond donors (Lipinski definition) is 1. The van der Waals surface area contributed by atoms with E-state index < -0.39 is 0 Å². The van der Waals surface area contributed by atoms with Crippen LogP contribution in [0.15, 0.2) is 18.2 Å². The molecule has 0 saturated carbocycles. The molecule has 0 spiro atoms. The summed E-state index contributed by atoms with van der Waals surface area (Å²) >= 11 is 5.97. The van der Waals surface area contributed by atoms with Crippen LogP contribution in [0.4, 0.5) is 5.69 Å². The van der Waals surface area contributed by atoms with Gasteiger partial charge in [-0.15, -0.1) is 0 Å². The molecule has 94 valence electrons. The quantitative estimate of drug-likeness (QED) is 0.888. The van der Waals surface area contributed by atoms with Crippen molar-refractivity contribution in [3.05, 3.63) is 28.8 Å². The molecular weight excluding hydrogens is 250 g/mol. The molecule has 2 rings (SSSR count). The van der Waals surface area contributed by atoms with E-state index in [0.29, 0.717) is 16.3 Å². The zero-order chi connectivity index (χ0) is 13.1. The molecule has 1 aliphatic heterocycles. The number of nitrogens with zero attached hydrogens (tertiary/aromatic N) is 2. The van der Waals surface area contributed by atoms with E-state index >= 15 is 0 Å². The van der Waals surface area contributed by atoms with Crippen molar-refractivity contribution >= 4 is 23.2 Å². The van der Waals surface area contributed by atoms with E-state index in [1.807, 2.05) is 4.90 Å². The molecule has 1 aromatic rings. The molecule has 18 heavy (non-hydrogen) atoms. The number of rotatable bonds is 2. The first-order chi connectivity index (χ1) is 8.63. The highest BCUT2D eigenvalue weighted by Crippen LogP contribution is 2.30. The van der Waals surface area contributed by atoms with E-state index in [-0.39, 0.29) is 11.9 Å². The van der Waals surface area contributed by atoms with Crippen molar-refractivity contribution in [2.45, 2.75) is 25.3 Å².